The molecule has 0 spiro atoms. The van der Waals surface area contributed by atoms with Gasteiger partial charge in [-0.05, 0) is 17.4 Å². The predicted octanol–water partition coefficient (Wildman–Crippen LogP) is 3.37. The Balaban J connectivity index is 2.10. The van der Waals surface area contributed by atoms with Crippen molar-refractivity contribution in [1.82, 2.24) is 19.7 Å². The highest BCUT2D eigenvalue weighted by molar-refractivity contribution is 7.13. The Labute approximate surface area is 159 Å². The molecule has 0 unspecified atom stereocenters. The minimum atomic E-state index is -0.273. The van der Waals surface area contributed by atoms with E-state index in [1.807, 2.05) is 31.4 Å². The standard InChI is InChI=1S/C17H18ClN5O2S/c1-10(2)11-9-16(25)21-17(19-11)23-14(20-15(24)5-6-18)8-12(22-23)13-4-3-7-26-13/h3-4,7-10H,5-6H2,1-2H3,(H,20,24)(H,19,21,25). The first-order chi connectivity index (χ1) is 12.5. The molecule has 2 N–H and O–H groups in total. The van der Waals surface area contributed by atoms with Gasteiger partial charge in [0.1, 0.15) is 11.5 Å². The average Bonchev–Trinajstić information content (AvgIpc) is 3.23. The number of nitrogens with zero attached hydrogens (tertiary/aromatic N) is 3. The Hall–Kier alpha value is -2.45. The average molecular weight is 392 g/mol. The lowest BCUT2D eigenvalue weighted by molar-refractivity contribution is -0.115. The molecule has 7 nitrogen and oxygen atoms in total. The fourth-order valence-electron chi connectivity index (χ4n) is 2.33. The van der Waals surface area contributed by atoms with E-state index < -0.39 is 0 Å². The molecule has 3 aromatic rings. The van der Waals surface area contributed by atoms with Gasteiger partial charge in [-0.3, -0.25) is 14.6 Å². The van der Waals surface area contributed by atoms with Gasteiger partial charge in [-0.25, -0.2) is 4.98 Å². The quantitative estimate of drug-likeness (QED) is 0.630. The van der Waals surface area contributed by atoms with E-state index >= 15 is 0 Å². The van der Waals surface area contributed by atoms with Gasteiger partial charge in [-0.15, -0.1) is 22.9 Å². The van der Waals surface area contributed by atoms with Crippen LogP contribution in [0.1, 0.15) is 31.9 Å². The van der Waals surface area contributed by atoms with E-state index in [1.54, 1.807) is 6.07 Å². The maximum Gasteiger partial charge on any atom is 0.252 e. The predicted molar refractivity (Wildman–Crippen MR) is 103 cm³/mol. The fourth-order valence-corrected chi connectivity index (χ4v) is 3.18. The zero-order valence-corrected chi connectivity index (χ0v) is 15.9. The molecule has 3 heterocycles. The third kappa shape index (κ3) is 4.03. The molecule has 0 aliphatic heterocycles. The number of carbonyl (C=O) groups is 1. The first-order valence-corrected chi connectivity index (χ1v) is 9.50. The lowest BCUT2D eigenvalue weighted by Gasteiger charge is -2.10. The van der Waals surface area contributed by atoms with Gasteiger partial charge in [0, 0.05) is 24.4 Å². The maximum absolute atomic E-state index is 12.0. The number of halogens is 1. The van der Waals surface area contributed by atoms with Crippen LogP contribution in [0.3, 0.4) is 0 Å². The molecule has 0 radical (unpaired) electrons. The van der Waals surface area contributed by atoms with Gasteiger partial charge in [0.25, 0.3) is 5.56 Å². The highest BCUT2D eigenvalue weighted by atomic mass is 35.5. The summed E-state index contributed by atoms with van der Waals surface area (Å²) in [5, 5.41) is 9.25. The Morgan fingerprint density at radius 2 is 2.23 bits per heavy atom. The van der Waals surface area contributed by atoms with E-state index in [-0.39, 0.29) is 35.6 Å². The largest absolute Gasteiger partial charge is 0.310 e. The molecule has 1 amide bonds. The van der Waals surface area contributed by atoms with Crippen molar-refractivity contribution < 1.29 is 4.79 Å². The number of amides is 1. The van der Waals surface area contributed by atoms with Gasteiger partial charge < -0.3 is 5.32 Å². The van der Waals surface area contributed by atoms with Crippen LogP contribution in [0.5, 0.6) is 0 Å². The van der Waals surface area contributed by atoms with Crippen molar-refractivity contribution in [3.63, 3.8) is 0 Å². The van der Waals surface area contributed by atoms with Crippen LogP contribution < -0.4 is 10.9 Å². The lowest BCUT2D eigenvalue weighted by Crippen LogP contribution is -2.19. The molecule has 26 heavy (non-hydrogen) atoms. The van der Waals surface area contributed by atoms with E-state index in [9.17, 15) is 9.59 Å². The summed E-state index contributed by atoms with van der Waals surface area (Å²) in [7, 11) is 0. The molecular formula is C17H18ClN5O2S. The van der Waals surface area contributed by atoms with Crippen molar-refractivity contribution in [2.24, 2.45) is 0 Å². The van der Waals surface area contributed by atoms with Gasteiger partial charge in [-0.1, -0.05) is 19.9 Å². The zero-order chi connectivity index (χ0) is 18.7. The number of rotatable bonds is 6. The normalized spacial score (nSPS) is 11.1. The molecule has 0 saturated carbocycles. The van der Waals surface area contributed by atoms with Crippen molar-refractivity contribution in [3.05, 3.63) is 45.7 Å². The minimum Gasteiger partial charge on any atom is -0.310 e. The topological polar surface area (TPSA) is 92.7 Å². The fraction of sp³-hybridized carbons (Fsp3) is 0.294. The van der Waals surface area contributed by atoms with Crippen LogP contribution in [0, 0.1) is 0 Å². The number of hydrogen-bond acceptors (Lipinski definition) is 5. The number of nitrogens with one attached hydrogen (secondary N) is 2. The highest BCUT2D eigenvalue weighted by Crippen LogP contribution is 2.27. The van der Waals surface area contributed by atoms with Crippen molar-refractivity contribution in [2.75, 3.05) is 11.2 Å². The summed E-state index contributed by atoms with van der Waals surface area (Å²) in [5.74, 6) is 0.743. The van der Waals surface area contributed by atoms with E-state index in [0.29, 0.717) is 17.2 Å². The van der Waals surface area contributed by atoms with E-state index in [2.05, 4.69) is 20.4 Å². The number of aromatic nitrogens is 4. The molecule has 136 valence electrons. The monoisotopic (exact) mass is 391 g/mol. The van der Waals surface area contributed by atoms with Crippen LogP contribution >= 0.6 is 22.9 Å². The number of hydrogen-bond donors (Lipinski definition) is 2. The summed E-state index contributed by atoms with van der Waals surface area (Å²) in [6.45, 7) is 3.91. The number of anilines is 1. The zero-order valence-electron chi connectivity index (χ0n) is 14.3. The Kier molecular flexibility index (Phi) is 5.53. The summed E-state index contributed by atoms with van der Waals surface area (Å²) in [6, 6.07) is 7.07. The van der Waals surface area contributed by atoms with Gasteiger partial charge in [0.2, 0.25) is 11.9 Å². The summed E-state index contributed by atoms with van der Waals surface area (Å²) >= 11 is 7.17. The summed E-state index contributed by atoms with van der Waals surface area (Å²) in [6.07, 6.45) is 0.178. The van der Waals surface area contributed by atoms with E-state index in [4.69, 9.17) is 11.6 Å². The highest BCUT2D eigenvalue weighted by Gasteiger charge is 2.17. The third-order valence-corrected chi connectivity index (χ3v) is 4.69. The SMILES string of the molecule is CC(C)c1cc(=O)[nH]c(-n2nc(-c3cccs3)cc2NC(=O)CCCl)n1. The Bertz CT molecular complexity index is 962. The van der Waals surface area contributed by atoms with E-state index in [0.717, 1.165) is 4.88 Å². The maximum atomic E-state index is 12.0. The van der Waals surface area contributed by atoms with Gasteiger partial charge >= 0.3 is 0 Å². The van der Waals surface area contributed by atoms with Crippen molar-refractivity contribution in [3.8, 4) is 16.5 Å². The van der Waals surface area contributed by atoms with Gasteiger partial charge in [0.15, 0.2) is 0 Å². The summed E-state index contributed by atoms with van der Waals surface area (Å²) < 4.78 is 1.44. The minimum absolute atomic E-state index is 0.0812. The molecule has 0 fully saturated rings. The molecule has 0 aliphatic carbocycles. The molecule has 3 rings (SSSR count). The van der Waals surface area contributed by atoms with Crippen LogP contribution in [-0.2, 0) is 4.79 Å². The molecule has 0 aromatic carbocycles. The van der Waals surface area contributed by atoms with Crippen LogP contribution in [0.25, 0.3) is 16.5 Å². The number of aromatic amines is 1. The number of H-pyrrole nitrogens is 1. The number of alkyl halides is 1. The smallest absolute Gasteiger partial charge is 0.252 e. The summed E-state index contributed by atoms with van der Waals surface area (Å²) in [5.41, 5.74) is 1.05. The van der Waals surface area contributed by atoms with Crippen molar-refractivity contribution in [2.45, 2.75) is 26.2 Å². The van der Waals surface area contributed by atoms with Gasteiger partial charge in [0.05, 0.1) is 10.6 Å². The Morgan fingerprint density at radius 3 is 2.88 bits per heavy atom. The van der Waals surface area contributed by atoms with Crippen LogP contribution in [0.15, 0.2) is 34.4 Å². The molecule has 0 saturated heterocycles. The molecule has 0 atom stereocenters. The lowest BCUT2D eigenvalue weighted by atomic mass is 10.1. The molecular weight excluding hydrogens is 374 g/mol. The molecule has 0 aliphatic rings. The molecule has 3 aromatic heterocycles. The summed E-state index contributed by atoms with van der Waals surface area (Å²) in [4.78, 5) is 32.1. The second kappa shape index (κ2) is 7.84. The number of carbonyl (C=O) groups excluding carboxylic acids is 1. The van der Waals surface area contributed by atoms with E-state index in [1.165, 1.54) is 22.1 Å². The Morgan fingerprint density at radius 1 is 1.42 bits per heavy atom. The van der Waals surface area contributed by atoms with Crippen molar-refractivity contribution >= 4 is 34.7 Å². The van der Waals surface area contributed by atoms with Crippen LogP contribution in [0.4, 0.5) is 5.82 Å². The second-order valence-electron chi connectivity index (χ2n) is 5.94. The van der Waals surface area contributed by atoms with Crippen molar-refractivity contribution in [1.29, 1.82) is 0 Å². The molecule has 0 bridgehead atoms. The van der Waals surface area contributed by atoms with Crippen LogP contribution in [-0.4, -0.2) is 31.5 Å². The van der Waals surface area contributed by atoms with Gasteiger partial charge in [-0.2, -0.15) is 9.78 Å². The second-order valence-corrected chi connectivity index (χ2v) is 7.27. The molecule has 9 heteroatoms. The first-order valence-electron chi connectivity index (χ1n) is 8.09. The first kappa shape index (κ1) is 18.3. The third-order valence-electron chi connectivity index (χ3n) is 3.61. The number of thiophene rings is 1. The van der Waals surface area contributed by atoms with Crippen LogP contribution in [0.2, 0.25) is 0 Å².